The summed E-state index contributed by atoms with van der Waals surface area (Å²) in [5.41, 5.74) is 1.46. The first kappa shape index (κ1) is 19.0. The van der Waals surface area contributed by atoms with Crippen molar-refractivity contribution in [1.29, 1.82) is 0 Å². The van der Waals surface area contributed by atoms with Gasteiger partial charge in [0.2, 0.25) is 5.91 Å². The Morgan fingerprint density at radius 3 is 2.41 bits per heavy atom. The third kappa shape index (κ3) is 5.98. The molecule has 4 heteroatoms. The van der Waals surface area contributed by atoms with Gasteiger partial charge in [-0.15, -0.1) is 12.4 Å². The summed E-state index contributed by atoms with van der Waals surface area (Å²) in [6.45, 7) is 2.79. The van der Waals surface area contributed by atoms with Gasteiger partial charge in [0.1, 0.15) is 0 Å². The molecule has 0 aliphatic heterocycles. The molecular formula is C18H29ClN2O. The summed E-state index contributed by atoms with van der Waals surface area (Å²) >= 11 is 0. The number of carbonyl (C=O) groups is 1. The van der Waals surface area contributed by atoms with Gasteiger partial charge in [-0.1, -0.05) is 30.3 Å². The molecule has 1 amide bonds. The van der Waals surface area contributed by atoms with E-state index in [0.29, 0.717) is 30.8 Å². The molecule has 2 rings (SSSR count). The Morgan fingerprint density at radius 1 is 1.18 bits per heavy atom. The lowest BCUT2D eigenvalue weighted by molar-refractivity contribution is -0.122. The maximum Gasteiger partial charge on any atom is 0.220 e. The number of halogens is 1. The second-order valence-corrected chi connectivity index (χ2v) is 6.33. The van der Waals surface area contributed by atoms with Crippen molar-refractivity contribution in [3.05, 3.63) is 35.9 Å². The van der Waals surface area contributed by atoms with Crippen LogP contribution in [0.5, 0.6) is 0 Å². The highest BCUT2D eigenvalue weighted by Crippen LogP contribution is 2.36. The third-order valence-corrected chi connectivity index (χ3v) is 4.69. The normalized spacial score (nSPS) is 22.5. The van der Waals surface area contributed by atoms with Crippen LogP contribution in [-0.4, -0.2) is 25.5 Å². The molecule has 1 aliphatic rings. The van der Waals surface area contributed by atoms with Gasteiger partial charge in [-0.2, -0.15) is 0 Å². The Bertz CT molecular complexity index is 430. The summed E-state index contributed by atoms with van der Waals surface area (Å²) in [6.07, 6.45) is 5.48. The van der Waals surface area contributed by atoms with Crippen LogP contribution in [-0.2, 0) is 4.79 Å². The van der Waals surface area contributed by atoms with Crippen LogP contribution >= 0.6 is 12.4 Å². The molecule has 0 saturated heterocycles. The number of rotatable bonds is 6. The number of amides is 1. The van der Waals surface area contributed by atoms with Gasteiger partial charge in [0, 0.05) is 19.0 Å². The highest BCUT2D eigenvalue weighted by Gasteiger charge is 2.23. The van der Waals surface area contributed by atoms with Crippen molar-refractivity contribution in [3.63, 3.8) is 0 Å². The van der Waals surface area contributed by atoms with Crippen molar-refractivity contribution in [2.45, 2.75) is 51.0 Å². The highest BCUT2D eigenvalue weighted by molar-refractivity contribution is 5.85. The fraction of sp³-hybridized carbons (Fsp3) is 0.611. The molecule has 2 N–H and O–H groups in total. The van der Waals surface area contributed by atoms with Gasteiger partial charge in [0.15, 0.2) is 0 Å². The molecule has 1 atom stereocenters. The molecular weight excluding hydrogens is 296 g/mol. The molecule has 0 bridgehead atoms. The van der Waals surface area contributed by atoms with Crippen LogP contribution < -0.4 is 10.6 Å². The Hall–Kier alpha value is -1.06. The topological polar surface area (TPSA) is 41.1 Å². The Kier molecular flexibility index (Phi) is 8.51. The van der Waals surface area contributed by atoms with E-state index in [1.807, 2.05) is 7.05 Å². The van der Waals surface area contributed by atoms with Gasteiger partial charge in [-0.25, -0.2) is 0 Å². The van der Waals surface area contributed by atoms with Crippen molar-refractivity contribution >= 4 is 18.3 Å². The molecule has 1 aliphatic carbocycles. The van der Waals surface area contributed by atoms with E-state index in [-0.39, 0.29) is 18.3 Å². The average Bonchev–Trinajstić information content (AvgIpc) is 2.54. The van der Waals surface area contributed by atoms with E-state index in [0.717, 1.165) is 0 Å². The zero-order valence-electron chi connectivity index (χ0n) is 13.7. The van der Waals surface area contributed by atoms with Gasteiger partial charge in [0.25, 0.3) is 0 Å². The Balaban J connectivity index is 0.00000242. The Labute approximate surface area is 140 Å². The first-order valence-corrected chi connectivity index (χ1v) is 8.18. The molecule has 0 radical (unpaired) electrons. The van der Waals surface area contributed by atoms with Crippen LogP contribution in [0.4, 0.5) is 0 Å². The molecule has 1 saturated carbocycles. The molecule has 1 aromatic rings. The fourth-order valence-electron chi connectivity index (χ4n) is 3.13. The predicted molar refractivity (Wildman–Crippen MR) is 94.5 cm³/mol. The maximum absolute atomic E-state index is 11.9. The number of nitrogens with one attached hydrogen (secondary N) is 2. The lowest BCUT2D eigenvalue weighted by atomic mass is 9.77. The summed E-state index contributed by atoms with van der Waals surface area (Å²) < 4.78 is 0. The zero-order valence-corrected chi connectivity index (χ0v) is 14.5. The molecule has 3 nitrogen and oxygen atoms in total. The number of hydrogen-bond donors (Lipinski definition) is 2. The minimum atomic E-state index is 0. The predicted octanol–water partition coefficient (Wildman–Crippen LogP) is 3.50. The quantitative estimate of drug-likeness (QED) is 0.841. The minimum Gasteiger partial charge on any atom is -0.355 e. The third-order valence-electron chi connectivity index (χ3n) is 4.69. The first-order chi connectivity index (χ1) is 10.2. The van der Waals surface area contributed by atoms with Crippen LogP contribution in [0.25, 0.3) is 0 Å². The molecule has 0 spiro atoms. The molecule has 0 heterocycles. The van der Waals surface area contributed by atoms with E-state index < -0.39 is 0 Å². The van der Waals surface area contributed by atoms with Gasteiger partial charge >= 0.3 is 0 Å². The molecule has 1 fully saturated rings. The summed E-state index contributed by atoms with van der Waals surface area (Å²) in [6, 6.07) is 11.1. The summed E-state index contributed by atoms with van der Waals surface area (Å²) in [5.74, 6) is 1.46. The maximum atomic E-state index is 11.9. The van der Waals surface area contributed by atoms with E-state index in [4.69, 9.17) is 0 Å². The van der Waals surface area contributed by atoms with Gasteiger partial charge < -0.3 is 10.6 Å². The molecule has 22 heavy (non-hydrogen) atoms. The zero-order chi connectivity index (χ0) is 15.1. The first-order valence-electron chi connectivity index (χ1n) is 8.18. The van der Waals surface area contributed by atoms with Crippen molar-refractivity contribution in [2.24, 2.45) is 5.92 Å². The molecule has 0 aromatic heterocycles. The van der Waals surface area contributed by atoms with Crippen molar-refractivity contribution in [3.8, 4) is 0 Å². The van der Waals surface area contributed by atoms with Crippen LogP contribution in [0.3, 0.4) is 0 Å². The average molecular weight is 325 g/mol. The standard InChI is InChI=1S/C18H28N2O.ClH/c1-14(19-2)13-20-18(21)12-15-8-10-17(11-9-15)16-6-4-3-5-7-16;/h3-7,14-15,17,19H,8-13H2,1-2H3,(H,20,21);1H. The Morgan fingerprint density at radius 2 is 1.82 bits per heavy atom. The van der Waals surface area contributed by atoms with Crippen molar-refractivity contribution < 1.29 is 4.79 Å². The van der Waals surface area contributed by atoms with E-state index in [9.17, 15) is 4.79 Å². The number of likely N-dealkylation sites (N-methyl/N-ethyl adjacent to an activating group) is 1. The minimum absolute atomic E-state index is 0. The monoisotopic (exact) mass is 324 g/mol. The number of carbonyl (C=O) groups excluding carboxylic acids is 1. The van der Waals surface area contributed by atoms with E-state index in [1.54, 1.807) is 0 Å². The summed E-state index contributed by atoms with van der Waals surface area (Å²) in [5, 5.41) is 6.16. The van der Waals surface area contributed by atoms with Crippen LogP contribution in [0.1, 0.15) is 50.5 Å². The van der Waals surface area contributed by atoms with E-state index in [2.05, 4.69) is 47.9 Å². The van der Waals surface area contributed by atoms with Crippen LogP contribution in [0, 0.1) is 5.92 Å². The second-order valence-electron chi connectivity index (χ2n) is 6.33. The van der Waals surface area contributed by atoms with Gasteiger partial charge in [0.05, 0.1) is 0 Å². The smallest absolute Gasteiger partial charge is 0.220 e. The van der Waals surface area contributed by atoms with Crippen molar-refractivity contribution in [2.75, 3.05) is 13.6 Å². The van der Waals surface area contributed by atoms with E-state index in [1.165, 1.54) is 31.2 Å². The SMILES string of the molecule is CNC(C)CNC(=O)CC1CCC(c2ccccc2)CC1.Cl. The summed E-state index contributed by atoms with van der Waals surface area (Å²) in [4.78, 5) is 11.9. The number of benzene rings is 1. The second kappa shape index (κ2) is 9.86. The van der Waals surface area contributed by atoms with Crippen molar-refractivity contribution in [1.82, 2.24) is 10.6 Å². The molecule has 124 valence electrons. The fourth-order valence-corrected chi connectivity index (χ4v) is 3.13. The summed E-state index contributed by atoms with van der Waals surface area (Å²) in [7, 11) is 1.92. The van der Waals surface area contributed by atoms with Gasteiger partial charge in [-0.3, -0.25) is 4.79 Å². The molecule has 1 unspecified atom stereocenters. The largest absolute Gasteiger partial charge is 0.355 e. The van der Waals surface area contributed by atoms with Crippen LogP contribution in [0.2, 0.25) is 0 Å². The van der Waals surface area contributed by atoms with E-state index >= 15 is 0 Å². The number of hydrogen-bond acceptors (Lipinski definition) is 2. The lowest BCUT2D eigenvalue weighted by Gasteiger charge is -2.28. The van der Waals surface area contributed by atoms with Crippen LogP contribution in [0.15, 0.2) is 30.3 Å². The highest BCUT2D eigenvalue weighted by atomic mass is 35.5. The molecule has 1 aromatic carbocycles. The lowest BCUT2D eigenvalue weighted by Crippen LogP contribution is -2.37. The van der Waals surface area contributed by atoms with Gasteiger partial charge in [-0.05, 0) is 57.1 Å².